The number of pyridine rings is 1. The number of aliphatic hydroxyl groups is 1. The number of amides is 1. The standard InChI is InChI=1S/C21H18F2N2O2/c1-13-10-18(17-7-6-16(23)11-19(17)24-13)20(26)25-9-8-21(27,12-25)14-2-4-15(22)5-3-14/h2-7,10-11,27H,8-9,12H2,1H3. The van der Waals surface area contributed by atoms with Crippen LogP contribution in [0.4, 0.5) is 8.78 Å². The number of hydrogen-bond donors (Lipinski definition) is 1. The number of β-amino-alcohol motifs (C(OH)–C–C–N with tert-alkyl or cyclic N) is 1. The normalized spacial score (nSPS) is 19.6. The van der Waals surface area contributed by atoms with Gasteiger partial charge in [-0.1, -0.05) is 12.1 Å². The Labute approximate surface area is 155 Å². The number of carbonyl (C=O) groups is 1. The number of rotatable bonds is 2. The fraction of sp³-hybridized carbons (Fsp3) is 0.238. The summed E-state index contributed by atoms with van der Waals surface area (Å²) in [7, 11) is 0. The summed E-state index contributed by atoms with van der Waals surface area (Å²) in [5.74, 6) is -1.03. The Balaban J connectivity index is 1.66. The lowest BCUT2D eigenvalue weighted by Crippen LogP contribution is -2.34. The molecule has 4 rings (SSSR count). The highest BCUT2D eigenvalue weighted by atomic mass is 19.1. The second-order valence-electron chi connectivity index (χ2n) is 6.99. The summed E-state index contributed by atoms with van der Waals surface area (Å²) in [4.78, 5) is 19.0. The van der Waals surface area contributed by atoms with Crippen molar-refractivity contribution in [1.82, 2.24) is 9.88 Å². The SMILES string of the molecule is Cc1cc(C(=O)N2CCC(O)(c3ccc(F)cc3)C2)c2ccc(F)cc2n1. The maximum atomic E-state index is 13.5. The van der Waals surface area contributed by atoms with Gasteiger partial charge < -0.3 is 10.0 Å². The molecule has 0 spiro atoms. The van der Waals surface area contributed by atoms with E-state index in [1.807, 2.05) is 0 Å². The molecule has 0 saturated carbocycles. The molecule has 2 heterocycles. The van der Waals surface area contributed by atoms with Gasteiger partial charge in [0.1, 0.15) is 17.2 Å². The summed E-state index contributed by atoms with van der Waals surface area (Å²) in [5, 5.41) is 11.5. The summed E-state index contributed by atoms with van der Waals surface area (Å²) >= 11 is 0. The maximum absolute atomic E-state index is 13.5. The van der Waals surface area contributed by atoms with E-state index in [-0.39, 0.29) is 18.3 Å². The van der Waals surface area contributed by atoms with E-state index in [0.717, 1.165) is 0 Å². The van der Waals surface area contributed by atoms with Gasteiger partial charge in [-0.05, 0) is 49.2 Å². The van der Waals surface area contributed by atoms with E-state index in [0.29, 0.717) is 40.7 Å². The molecule has 3 aromatic rings. The minimum atomic E-state index is -1.21. The molecule has 1 amide bonds. The Bertz CT molecular complexity index is 1030. The molecule has 1 aliphatic heterocycles. The Morgan fingerprint density at radius 2 is 1.81 bits per heavy atom. The molecule has 1 atom stereocenters. The molecule has 1 unspecified atom stereocenters. The van der Waals surface area contributed by atoms with Crippen molar-refractivity contribution in [3.05, 3.63) is 77.0 Å². The van der Waals surface area contributed by atoms with Crippen LogP contribution in [-0.4, -0.2) is 34.0 Å². The Hall–Kier alpha value is -2.86. The average Bonchev–Trinajstić information content (AvgIpc) is 3.04. The van der Waals surface area contributed by atoms with Gasteiger partial charge in [0, 0.05) is 23.7 Å². The van der Waals surface area contributed by atoms with Gasteiger partial charge in [-0.25, -0.2) is 8.78 Å². The van der Waals surface area contributed by atoms with Crippen LogP contribution in [0.1, 0.15) is 28.0 Å². The summed E-state index contributed by atoms with van der Waals surface area (Å²) in [6, 6.07) is 11.5. The van der Waals surface area contributed by atoms with E-state index in [9.17, 15) is 18.7 Å². The Kier molecular flexibility index (Phi) is 4.15. The second-order valence-corrected chi connectivity index (χ2v) is 6.99. The number of likely N-dealkylation sites (tertiary alicyclic amines) is 1. The van der Waals surface area contributed by atoms with E-state index in [4.69, 9.17) is 0 Å². The average molecular weight is 368 g/mol. The Morgan fingerprint density at radius 1 is 1.11 bits per heavy atom. The first-order valence-corrected chi connectivity index (χ1v) is 8.70. The van der Waals surface area contributed by atoms with Crippen LogP contribution < -0.4 is 0 Å². The summed E-state index contributed by atoms with van der Waals surface area (Å²) in [5.41, 5.74) is 0.835. The van der Waals surface area contributed by atoms with Crippen LogP contribution in [0, 0.1) is 18.6 Å². The van der Waals surface area contributed by atoms with Gasteiger partial charge in [0.2, 0.25) is 0 Å². The smallest absolute Gasteiger partial charge is 0.254 e. The van der Waals surface area contributed by atoms with E-state index >= 15 is 0 Å². The molecule has 27 heavy (non-hydrogen) atoms. The number of nitrogens with zero attached hydrogens (tertiary/aromatic N) is 2. The first kappa shape index (κ1) is 17.5. The molecule has 1 saturated heterocycles. The summed E-state index contributed by atoms with van der Waals surface area (Å²) in [6.45, 7) is 2.23. The molecule has 1 N–H and O–H groups in total. The fourth-order valence-electron chi connectivity index (χ4n) is 3.64. The third-order valence-corrected chi connectivity index (χ3v) is 5.05. The zero-order valence-electron chi connectivity index (χ0n) is 14.7. The van der Waals surface area contributed by atoms with E-state index in [1.54, 1.807) is 24.0 Å². The highest BCUT2D eigenvalue weighted by molar-refractivity contribution is 6.06. The third-order valence-electron chi connectivity index (χ3n) is 5.05. The molecule has 2 aromatic carbocycles. The van der Waals surface area contributed by atoms with Crippen LogP contribution in [0.15, 0.2) is 48.5 Å². The van der Waals surface area contributed by atoms with Crippen LogP contribution in [-0.2, 0) is 5.60 Å². The first-order valence-electron chi connectivity index (χ1n) is 8.70. The number of aromatic nitrogens is 1. The van der Waals surface area contributed by atoms with Crippen LogP contribution in [0.5, 0.6) is 0 Å². The number of hydrogen-bond acceptors (Lipinski definition) is 3. The molecular formula is C21H18F2N2O2. The number of benzene rings is 2. The number of carbonyl (C=O) groups excluding carboxylic acids is 1. The van der Waals surface area contributed by atoms with Gasteiger partial charge >= 0.3 is 0 Å². The third kappa shape index (κ3) is 3.17. The van der Waals surface area contributed by atoms with E-state index in [1.165, 1.54) is 36.4 Å². The van der Waals surface area contributed by atoms with Crippen molar-refractivity contribution in [3.63, 3.8) is 0 Å². The van der Waals surface area contributed by atoms with Gasteiger partial charge in [-0.2, -0.15) is 0 Å². The minimum Gasteiger partial charge on any atom is -0.383 e. The maximum Gasteiger partial charge on any atom is 0.254 e. The summed E-state index contributed by atoms with van der Waals surface area (Å²) < 4.78 is 26.7. The van der Waals surface area contributed by atoms with Crippen LogP contribution in [0.25, 0.3) is 10.9 Å². The molecule has 1 aromatic heterocycles. The lowest BCUT2D eigenvalue weighted by atomic mass is 9.93. The highest BCUT2D eigenvalue weighted by Gasteiger charge is 2.40. The molecule has 4 nitrogen and oxygen atoms in total. The molecular weight excluding hydrogens is 350 g/mol. The van der Waals surface area contributed by atoms with Gasteiger partial charge in [0.15, 0.2) is 0 Å². The predicted molar refractivity (Wildman–Crippen MR) is 97.3 cm³/mol. The molecule has 0 bridgehead atoms. The predicted octanol–water partition coefficient (Wildman–Crippen LogP) is 3.56. The van der Waals surface area contributed by atoms with Crippen molar-refractivity contribution < 1.29 is 18.7 Å². The summed E-state index contributed by atoms with van der Waals surface area (Å²) in [6.07, 6.45) is 0.362. The van der Waals surface area contributed by atoms with Gasteiger partial charge in [0.25, 0.3) is 5.91 Å². The van der Waals surface area contributed by atoms with Crippen molar-refractivity contribution in [2.45, 2.75) is 18.9 Å². The highest BCUT2D eigenvalue weighted by Crippen LogP contribution is 2.33. The van der Waals surface area contributed by atoms with E-state index in [2.05, 4.69) is 4.98 Å². The topological polar surface area (TPSA) is 53.4 Å². The monoisotopic (exact) mass is 368 g/mol. The van der Waals surface area contributed by atoms with Gasteiger partial charge in [0.05, 0.1) is 17.6 Å². The van der Waals surface area contributed by atoms with Crippen molar-refractivity contribution in [2.75, 3.05) is 13.1 Å². The largest absolute Gasteiger partial charge is 0.383 e. The van der Waals surface area contributed by atoms with Crippen LogP contribution in [0.3, 0.4) is 0 Å². The molecule has 138 valence electrons. The van der Waals surface area contributed by atoms with Gasteiger partial charge in [-0.15, -0.1) is 0 Å². The number of halogens is 2. The van der Waals surface area contributed by atoms with Gasteiger partial charge in [-0.3, -0.25) is 9.78 Å². The first-order chi connectivity index (χ1) is 12.9. The number of fused-ring (bicyclic) bond motifs is 1. The lowest BCUT2D eigenvalue weighted by Gasteiger charge is -2.24. The van der Waals surface area contributed by atoms with Crippen LogP contribution >= 0.6 is 0 Å². The lowest BCUT2D eigenvalue weighted by molar-refractivity contribution is 0.0417. The second kappa shape index (κ2) is 6.39. The molecule has 1 fully saturated rings. The molecule has 0 radical (unpaired) electrons. The fourth-order valence-corrected chi connectivity index (χ4v) is 3.64. The minimum absolute atomic E-state index is 0.113. The zero-order valence-corrected chi connectivity index (χ0v) is 14.7. The zero-order chi connectivity index (χ0) is 19.2. The molecule has 1 aliphatic rings. The molecule has 0 aliphatic carbocycles. The Morgan fingerprint density at radius 3 is 2.56 bits per heavy atom. The van der Waals surface area contributed by atoms with Crippen molar-refractivity contribution in [3.8, 4) is 0 Å². The van der Waals surface area contributed by atoms with Crippen molar-refractivity contribution >= 4 is 16.8 Å². The van der Waals surface area contributed by atoms with Crippen molar-refractivity contribution in [1.29, 1.82) is 0 Å². The van der Waals surface area contributed by atoms with E-state index < -0.39 is 11.4 Å². The van der Waals surface area contributed by atoms with Crippen LogP contribution in [0.2, 0.25) is 0 Å². The quantitative estimate of drug-likeness (QED) is 0.753. The number of aryl methyl sites for hydroxylation is 1. The van der Waals surface area contributed by atoms with Crippen molar-refractivity contribution in [2.24, 2.45) is 0 Å². The molecule has 6 heteroatoms.